The molecule has 0 bridgehead atoms. The van der Waals surface area contributed by atoms with Crippen molar-refractivity contribution in [1.29, 1.82) is 0 Å². The third-order valence-corrected chi connectivity index (χ3v) is 3.74. The smallest absolute Gasteiger partial charge is 0.387 e. The summed E-state index contributed by atoms with van der Waals surface area (Å²) in [5.74, 6) is 0.396. The van der Waals surface area contributed by atoms with Crippen molar-refractivity contribution in [2.75, 3.05) is 19.0 Å². The van der Waals surface area contributed by atoms with Crippen LogP contribution in [0.2, 0.25) is 0 Å². The first kappa shape index (κ1) is 19.5. The molecular formula is C19H21F2NO4. The van der Waals surface area contributed by atoms with E-state index in [1.165, 1.54) is 19.2 Å². The van der Waals surface area contributed by atoms with Crippen LogP contribution in [0.3, 0.4) is 0 Å². The first-order chi connectivity index (χ1) is 12.4. The van der Waals surface area contributed by atoms with Crippen molar-refractivity contribution in [3.8, 4) is 17.2 Å². The van der Waals surface area contributed by atoms with Crippen LogP contribution >= 0.6 is 0 Å². The third kappa shape index (κ3) is 5.61. The minimum Gasteiger partial charge on any atom is -0.493 e. The lowest BCUT2D eigenvalue weighted by molar-refractivity contribution is -0.116. The van der Waals surface area contributed by atoms with Crippen molar-refractivity contribution >= 4 is 11.6 Å². The summed E-state index contributed by atoms with van der Waals surface area (Å²) in [7, 11) is 1.34. The average Bonchev–Trinajstić information content (AvgIpc) is 2.58. The van der Waals surface area contributed by atoms with Crippen molar-refractivity contribution in [1.82, 2.24) is 0 Å². The van der Waals surface area contributed by atoms with Crippen LogP contribution in [0.25, 0.3) is 0 Å². The van der Waals surface area contributed by atoms with Gasteiger partial charge in [0.05, 0.1) is 20.1 Å². The molecule has 0 aliphatic heterocycles. The number of benzene rings is 2. The molecule has 0 aromatic heterocycles. The monoisotopic (exact) mass is 365 g/mol. The van der Waals surface area contributed by atoms with Crippen molar-refractivity contribution in [2.45, 2.75) is 26.9 Å². The van der Waals surface area contributed by atoms with Crippen LogP contribution in [0.4, 0.5) is 14.5 Å². The number of carbonyl (C=O) groups excluding carboxylic acids is 1. The second-order valence-corrected chi connectivity index (χ2v) is 5.64. The molecule has 0 spiro atoms. The van der Waals surface area contributed by atoms with Gasteiger partial charge in [0, 0.05) is 11.8 Å². The van der Waals surface area contributed by atoms with E-state index in [9.17, 15) is 13.6 Å². The molecule has 0 heterocycles. The minimum atomic E-state index is -2.98. The number of amides is 1. The lowest BCUT2D eigenvalue weighted by Crippen LogP contribution is -2.15. The zero-order valence-corrected chi connectivity index (χ0v) is 14.8. The molecule has 0 aliphatic rings. The van der Waals surface area contributed by atoms with Gasteiger partial charge in [-0.05, 0) is 49.2 Å². The molecule has 26 heavy (non-hydrogen) atoms. The molecule has 2 rings (SSSR count). The Labute approximate surface area is 150 Å². The summed E-state index contributed by atoms with van der Waals surface area (Å²) < 4.78 is 39.8. The van der Waals surface area contributed by atoms with E-state index < -0.39 is 6.61 Å². The third-order valence-electron chi connectivity index (χ3n) is 3.74. The number of hydrogen-bond acceptors (Lipinski definition) is 4. The maximum atomic E-state index is 12.4. The Bertz CT molecular complexity index is 765. The number of hydrogen-bond donors (Lipinski definition) is 1. The SMILES string of the molecule is COc1ccc(NC(=O)CCOc2ccc(C)c(C)c2)cc1OC(F)F. The van der Waals surface area contributed by atoms with Crippen molar-refractivity contribution in [3.05, 3.63) is 47.5 Å². The molecular weight excluding hydrogens is 344 g/mol. The minimum absolute atomic E-state index is 0.115. The predicted octanol–water partition coefficient (Wildman–Crippen LogP) is 4.32. The van der Waals surface area contributed by atoms with Crippen LogP contribution in [-0.2, 0) is 4.79 Å². The largest absolute Gasteiger partial charge is 0.493 e. The van der Waals surface area contributed by atoms with E-state index >= 15 is 0 Å². The number of ether oxygens (including phenoxy) is 3. The molecule has 2 aromatic carbocycles. The molecule has 0 saturated carbocycles. The first-order valence-corrected chi connectivity index (χ1v) is 8.02. The topological polar surface area (TPSA) is 56.8 Å². The summed E-state index contributed by atoms with van der Waals surface area (Å²) in [4.78, 5) is 12.0. The predicted molar refractivity (Wildman–Crippen MR) is 94.3 cm³/mol. The lowest BCUT2D eigenvalue weighted by atomic mass is 10.1. The van der Waals surface area contributed by atoms with Crippen LogP contribution in [-0.4, -0.2) is 26.2 Å². The number of methoxy groups -OCH3 is 1. The van der Waals surface area contributed by atoms with E-state index in [0.29, 0.717) is 11.4 Å². The maximum absolute atomic E-state index is 12.4. The van der Waals surface area contributed by atoms with Gasteiger partial charge < -0.3 is 19.5 Å². The van der Waals surface area contributed by atoms with E-state index in [1.54, 1.807) is 6.07 Å². The Morgan fingerprint density at radius 2 is 1.85 bits per heavy atom. The van der Waals surface area contributed by atoms with Gasteiger partial charge in [-0.3, -0.25) is 4.79 Å². The average molecular weight is 365 g/mol. The van der Waals surface area contributed by atoms with Crippen LogP contribution in [0.1, 0.15) is 17.5 Å². The number of alkyl halides is 2. The molecule has 0 fully saturated rings. The molecule has 140 valence electrons. The maximum Gasteiger partial charge on any atom is 0.387 e. The van der Waals surface area contributed by atoms with Gasteiger partial charge in [-0.1, -0.05) is 6.07 Å². The van der Waals surface area contributed by atoms with E-state index in [2.05, 4.69) is 10.1 Å². The van der Waals surface area contributed by atoms with Gasteiger partial charge >= 0.3 is 6.61 Å². The standard InChI is InChI=1S/C19H21F2NO4/c1-12-4-6-15(10-13(12)2)25-9-8-18(23)22-14-5-7-16(24-3)17(11-14)26-19(20)21/h4-7,10-11,19H,8-9H2,1-3H3,(H,22,23). The Morgan fingerprint density at radius 1 is 1.08 bits per heavy atom. The molecule has 1 N–H and O–H groups in total. The summed E-state index contributed by atoms with van der Waals surface area (Å²) in [5, 5.41) is 2.61. The summed E-state index contributed by atoms with van der Waals surface area (Å²) in [6, 6.07) is 9.97. The van der Waals surface area contributed by atoms with Gasteiger partial charge in [0.2, 0.25) is 5.91 Å². The molecule has 0 aliphatic carbocycles. The van der Waals surface area contributed by atoms with Gasteiger partial charge in [0.15, 0.2) is 11.5 Å². The van der Waals surface area contributed by atoms with Crippen molar-refractivity contribution < 1.29 is 27.8 Å². The molecule has 0 unspecified atom stereocenters. The molecule has 5 nitrogen and oxygen atoms in total. The number of anilines is 1. The highest BCUT2D eigenvalue weighted by Gasteiger charge is 2.12. The fraction of sp³-hybridized carbons (Fsp3) is 0.316. The van der Waals surface area contributed by atoms with Crippen LogP contribution in [0.15, 0.2) is 36.4 Å². The molecule has 7 heteroatoms. The van der Waals surface area contributed by atoms with E-state index in [-0.39, 0.29) is 30.4 Å². The number of halogens is 2. The number of nitrogens with one attached hydrogen (secondary N) is 1. The quantitative estimate of drug-likeness (QED) is 0.757. The van der Waals surface area contributed by atoms with Gasteiger partial charge in [-0.25, -0.2) is 0 Å². The number of aryl methyl sites for hydroxylation is 2. The van der Waals surface area contributed by atoms with Gasteiger partial charge in [0.1, 0.15) is 5.75 Å². The van der Waals surface area contributed by atoms with E-state index in [0.717, 1.165) is 11.1 Å². The fourth-order valence-corrected chi connectivity index (χ4v) is 2.23. The zero-order chi connectivity index (χ0) is 19.1. The fourth-order valence-electron chi connectivity index (χ4n) is 2.23. The number of rotatable bonds is 8. The highest BCUT2D eigenvalue weighted by Crippen LogP contribution is 2.31. The summed E-state index contributed by atoms with van der Waals surface area (Å²) >= 11 is 0. The molecule has 0 saturated heterocycles. The highest BCUT2D eigenvalue weighted by molar-refractivity contribution is 5.91. The summed E-state index contributed by atoms with van der Waals surface area (Å²) in [5.41, 5.74) is 2.60. The molecule has 0 radical (unpaired) electrons. The Balaban J connectivity index is 1.89. The zero-order valence-electron chi connectivity index (χ0n) is 14.8. The van der Waals surface area contributed by atoms with E-state index in [1.807, 2.05) is 32.0 Å². The normalized spacial score (nSPS) is 10.5. The highest BCUT2D eigenvalue weighted by atomic mass is 19.3. The van der Waals surface area contributed by atoms with Crippen molar-refractivity contribution in [2.24, 2.45) is 0 Å². The molecule has 2 aromatic rings. The van der Waals surface area contributed by atoms with Gasteiger partial charge in [-0.15, -0.1) is 0 Å². The Kier molecular flexibility index (Phi) is 6.77. The van der Waals surface area contributed by atoms with Crippen LogP contribution < -0.4 is 19.5 Å². The second kappa shape index (κ2) is 9.03. The van der Waals surface area contributed by atoms with Crippen molar-refractivity contribution in [3.63, 3.8) is 0 Å². The molecule has 0 atom stereocenters. The van der Waals surface area contributed by atoms with Crippen LogP contribution in [0, 0.1) is 13.8 Å². The molecule has 1 amide bonds. The first-order valence-electron chi connectivity index (χ1n) is 8.02. The van der Waals surface area contributed by atoms with Gasteiger partial charge in [0.25, 0.3) is 0 Å². The Hall–Kier alpha value is -2.83. The second-order valence-electron chi connectivity index (χ2n) is 5.64. The van der Waals surface area contributed by atoms with Crippen LogP contribution in [0.5, 0.6) is 17.2 Å². The lowest BCUT2D eigenvalue weighted by Gasteiger charge is -2.12. The van der Waals surface area contributed by atoms with E-state index in [4.69, 9.17) is 9.47 Å². The number of carbonyl (C=O) groups is 1. The summed E-state index contributed by atoms with van der Waals surface area (Å²) in [6.45, 7) is 1.21. The summed E-state index contributed by atoms with van der Waals surface area (Å²) in [6.07, 6.45) is 0.115. The van der Waals surface area contributed by atoms with Gasteiger partial charge in [-0.2, -0.15) is 8.78 Å². The Morgan fingerprint density at radius 3 is 2.50 bits per heavy atom.